The number of hydrogen-bond acceptors (Lipinski definition) is 4. The van der Waals surface area contributed by atoms with Gasteiger partial charge in [0.2, 0.25) is 5.91 Å². The maximum absolute atomic E-state index is 12.2. The van der Waals surface area contributed by atoms with Gasteiger partial charge in [0.1, 0.15) is 5.82 Å². The molecule has 7 nitrogen and oxygen atoms in total. The number of anilines is 2. The molecule has 0 aliphatic heterocycles. The number of aromatic nitrogens is 1. The number of pyridine rings is 1. The first-order valence-corrected chi connectivity index (χ1v) is 7.12. The molecule has 1 aromatic heterocycles. The molecule has 1 aliphatic rings. The minimum atomic E-state index is 0.0369. The van der Waals surface area contributed by atoms with Gasteiger partial charge in [-0.1, -0.05) is 0 Å². The fourth-order valence-corrected chi connectivity index (χ4v) is 2.61. The Labute approximate surface area is 124 Å². The van der Waals surface area contributed by atoms with Crippen LogP contribution in [0.3, 0.4) is 0 Å². The van der Waals surface area contributed by atoms with Crippen LogP contribution in [0.4, 0.5) is 11.5 Å². The van der Waals surface area contributed by atoms with E-state index in [1.807, 2.05) is 0 Å². The number of guanidine groups is 1. The number of amides is 1. The van der Waals surface area contributed by atoms with E-state index in [-0.39, 0.29) is 17.8 Å². The molecule has 0 unspecified atom stereocenters. The molecule has 7 heteroatoms. The van der Waals surface area contributed by atoms with Gasteiger partial charge in [0.25, 0.3) is 0 Å². The summed E-state index contributed by atoms with van der Waals surface area (Å²) in [6.45, 7) is 0.650. The molecule has 7 N–H and O–H groups in total. The summed E-state index contributed by atoms with van der Waals surface area (Å²) < 4.78 is 0. The van der Waals surface area contributed by atoms with Crippen molar-refractivity contribution in [3.63, 3.8) is 0 Å². The zero-order valence-electron chi connectivity index (χ0n) is 12.0. The molecule has 114 valence electrons. The summed E-state index contributed by atoms with van der Waals surface area (Å²) in [5.74, 6) is 1.07. The summed E-state index contributed by atoms with van der Waals surface area (Å²) in [4.78, 5) is 20.2. The van der Waals surface area contributed by atoms with E-state index in [1.54, 1.807) is 18.3 Å². The van der Waals surface area contributed by atoms with Crippen molar-refractivity contribution in [2.75, 3.05) is 17.6 Å². The average molecular weight is 290 g/mol. The van der Waals surface area contributed by atoms with Crippen LogP contribution in [0.2, 0.25) is 0 Å². The molecule has 0 saturated heterocycles. The minimum absolute atomic E-state index is 0.0369. The lowest BCUT2D eigenvalue weighted by molar-refractivity contribution is -0.121. The zero-order valence-corrected chi connectivity index (χ0v) is 12.0. The summed E-state index contributed by atoms with van der Waals surface area (Å²) >= 11 is 0. The standard InChI is InChI=1S/C14H22N6O/c15-12-7-11(5-6-18-12)20-13(21)10-3-1-9(2-4-10)8-19-14(16)17/h5-7,9-10H,1-4,8H2,(H4,16,17,19)(H3,15,18,20,21). The summed E-state index contributed by atoms with van der Waals surface area (Å²) in [5.41, 5.74) is 16.9. The van der Waals surface area contributed by atoms with Crippen LogP contribution in [-0.2, 0) is 4.79 Å². The summed E-state index contributed by atoms with van der Waals surface area (Å²) in [6, 6.07) is 3.39. The third-order valence-electron chi connectivity index (χ3n) is 3.80. The van der Waals surface area contributed by atoms with Crippen LogP contribution in [0.25, 0.3) is 0 Å². The Hall–Kier alpha value is -2.31. The minimum Gasteiger partial charge on any atom is -0.384 e. The number of aliphatic imine (C=N–C) groups is 1. The number of nitrogens with two attached hydrogens (primary N) is 3. The fourth-order valence-electron chi connectivity index (χ4n) is 2.61. The van der Waals surface area contributed by atoms with E-state index in [4.69, 9.17) is 17.2 Å². The van der Waals surface area contributed by atoms with Crippen molar-refractivity contribution in [2.45, 2.75) is 25.7 Å². The number of nitrogen functional groups attached to an aromatic ring is 1. The monoisotopic (exact) mass is 290 g/mol. The highest BCUT2D eigenvalue weighted by atomic mass is 16.1. The normalized spacial score (nSPS) is 21.5. The van der Waals surface area contributed by atoms with Gasteiger partial charge in [0.15, 0.2) is 5.96 Å². The third kappa shape index (κ3) is 4.62. The van der Waals surface area contributed by atoms with Gasteiger partial charge < -0.3 is 22.5 Å². The summed E-state index contributed by atoms with van der Waals surface area (Å²) in [7, 11) is 0. The number of hydrogen-bond donors (Lipinski definition) is 4. The lowest BCUT2D eigenvalue weighted by Gasteiger charge is -2.26. The van der Waals surface area contributed by atoms with Crippen LogP contribution in [0, 0.1) is 11.8 Å². The molecule has 1 aromatic rings. The van der Waals surface area contributed by atoms with Crippen molar-refractivity contribution >= 4 is 23.4 Å². The number of rotatable bonds is 4. The highest BCUT2D eigenvalue weighted by Gasteiger charge is 2.26. The Bertz CT molecular complexity index is 518. The van der Waals surface area contributed by atoms with Crippen LogP contribution < -0.4 is 22.5 Å². The molecule has 0 atom stereocenters. The van der Waals surface area contributed by atoms with E-state index in [0.29, 0.717) is 24.0 Å². The highest BCUT2D eigenvalue weighted by molar-refractivity contribution is 5.92. The molecule has 1 heterocycles. The van der Waals surface area contributed by atoms with Crippen LogP contribution in [-0.4, -0.2) is 23.4 Å². The van der Waals surface area contributed by atoms with Crippen molar-refractivity contribution in [3.05, 3.63) is 18.3 Å². The van der Waals surface area contributed by atoms with Gasteiger partial charge in [-0.05, 0) is 37.7 Å². The van der Waals surface area contributed by atoms with Gasteiger partial charge in [-0.2, -0.15) is 0 Å². The second-order valence-corrected chi connectivity index (χ2v) is 5.44. The SMILES string of the molecule is NC(N)=NCC1CCC(C(=O)Nc2ccnc(N)c2)CC1. The van der Waals surface area contributed by atoms with Crippen molar-refractivity contribution in [1.82, 2.24) is 4.98 Å². The summed E-state index contributed by atoms with van der Waals surface area (Å²) in [6.07, 6.45) is 5.23. The van der Waals surface area contributed by atoms with Crippen LogP contribution >= 0.6 is 0 Å². The lowest BCUT2D eigenvalue weighted by atomic mass is 9.81. The van der Waals surface area contributed by atoms with Crippen molar-refractivity contribution < 1.29 is 4.79 Å². The third-order valence-corrected chi connectivity index (χ3v) is 3.80. The maximum Gasteiger partial charge on any atom is 0.227 e. The van der Waals surface area contributed by atoms with Crippen LogP contribution in [0.5, 0.6) is 0 Å². The Kier molecular flexibility index (Phi) is 4.97. The molecular formula is C14H22N6O. The first kappa shape index (κ1) is 15.1. The first-order chi connectivity index (χ1) is 10.0. The van der Waals surface area contributed by atoms with E-state index < -0.39 is 0 Å². The molecular weight excluding hydrogens is 268 g/mol. The average Bonchev–Trinajstić information content (AvgIpc) is 2.45. The van der Waals surface area contributed by atoms with Gasteiger partial charge in [0, 0.05) is 30.4 Å². The number of carbonyl (C=O) groups is 1. The maximum atomic E-state index is 12.2. The molecule has 1 aliphatic carbocycles. The first-order valence-electron chi connectivity index (χ1n) is 7.12. The van der Waals surface area contributed by atoms with Crippen LogP contribution in [0.1, 0.15) is 25.7 Å². The van der Waals surface area contributed by atoms with Gasteiger partial charge in [-0.25, -0.2) is 4.98 Å². The lowest BCUT2D eigenvalue weighted by Crippen LogP contribution is -2.29. The highest BCUT2D eigenvalue weighted by Crippen LogP contribution is 2.29. The van der Waals surface area contributed by atoms with Crippen molar-refractivity contribution in [3.8, 4) is 0 Å². The molecule has 2 rings (SSSR count). The number of nitrogens with zero attached hydrogens (tertiary/aromatic N) is 2. The Balaban J connectivity index is 1.82. The van der Waals surface area contributed by atoms with E-state index in [1.165, 1.54) is 0 Å². The molecule has 0 bridgehead atoms. The van der Waals surface area contributed by atoms with E-state index in [0.717, 1.165) is 25.7 Å². The topological polar surface area (TPSA) is 132 Å². The smallest absolute Gasteiger partial charge is 0.227 e. The van der Waals surface area contributed by atoms with Crippen LogP contribution in [0.15, 0.2) is 23.3 Å². The second kappa shape index (κ2) is 6.92. The molecule has 0 spiro atoms. The van der Waals surface area contributed by atoms with E-state index in [2.05, 4.69) is 15.3 Å². The molecule has 1 saturated carbocycles. The predicted molar refractivity (Wildman–Crippen MR) is 83.4 cm³/mol. The molecule has 0 radical (unpaired) electrons. The Morgan fingerprint density at radius 3 is 2.67 bits per heavy atom. The van der Waals surface area contributed by atoms with Gasteiger partial charge in [0.05, 0.1) is 0 Å². The van der Waals surface area contributed by atoms with Crippen molar-refractivity contribution in [2.24, 2.45) is 28.3 Å². The Morgan fingerprint density at radius 2 is 2.05 bits per heavy atom. The molecule has 0 aromatic carbocycles. The number of nitrogens with one attached hydrogen (secondary N) is 1. The molecule has 1 fully saturated rings. The van der Waals surface area contributed by atoms with Gasteiger partial charge in [-0.15, -0.1) is 0 Å². The molecule has 21 heavy (non-hydrogen) atoms. The van der Waals surface area contributed by atoms with E-state index in [9.17, 15) is 4.79 Å². The predicted octanol–water partition coefficient (Wildman–Crippen LogP) is 0.682. The summed E-state index contributed by atoms with van der Waals surface area (Å²) in [5, 5.41) is 2.89. The second-order valence-electron chi connectivity index (χ2n) is 5.44. The van der Waals surface area contributed by atoms with E-state index >= 15 is 0 Å². The number of carbonyl (C=O) groups excluding carboxylic acids is 1. The largest absolute Gasteiger partial charge is 0.384 e. The Morgan fingerprint density at radius 1 is 1.33 bits per heavy atom. The quantitative estimate of drug-likeness (QED) is 0.478. The fraction of sp³-hybridized carbons (Fsp3) is 0.500. The molecule has 1 amide bonds. The van der Waals surface area contributed by atoms with Gasteiger partial charge in [-0.3, -0.25) is 9.79 Å². The van der Waals surface area contributed by atoms with Gasteiger partial charge >= 0.3 is 0 Å². The zero-order chi connectivity index (χ0) is 15.2. The van der Waals surface area contributed by atoms with Crippen molar-refractivity contribution in [1.29, 1.82) is 0 Å².